The van der Waals surface area contributed by atoms with Gasteiger partial charge in [-0.3, -0.25) is 0 Å². The molecule has 0 saturated carbocycles. The fourth-order valence-corrected chi connectivity index (χ4v) is 4.48. The summed E-state index contributed by atoms with van der Waals surface area (Å²) in [6.07, 6.45) is 5.09. The predicted octanol–water partition coefficient (Wildman–Crippen LogP) is 3.63. The second-order valence-electron chi connectivity index (χ2n) is 6.93. The van der Waals surface area contributed by atoms with Crippen molar-refractivity contribution >= 4 is 28.5 Å². The Morgan fingerprint density at radius 2 is 1.96 bits per heavy atom. The number of hydrogen-bond donors (Lipinski definition) is 1. The van der Waals surface area contributed by atoms with Crippen LogP contribution in [0.15, 0.2) is 40.7 Å². The van der Waals surface area contributed by atoms with Gasteiger partial charge in [-0.1, -0.05) is 6.07 Å². The van der Waals surface area contributed by atoms with E-state index in [0.29, 0.717) is 5.84 Å². The summed E-state index contributed by atoms with van der Waals surface area (Å²) in [6, 6.07) is 10.6. The summed E-state index contributed by atoms with van der Waals surface area (Å²) in [7, 11) is 0. The number of rotatable bonds is 5. The third kappa shape index (κ3) is 3.88. The number of likely N-dealkylation sites (tertiary alicyclic amines) is 1. The summed E-state index contributed by atoms with van der Waals surface area (Å²) in [5, 5.41) is 2.03. The van der Waals surface area contributed by atoms with Crippen molar-refractivity contribution in [3.05, 3.63) is 46.2 Å². The van der Waals surface area contributed by atoms with Gasteiger partial charge in [-0.15, -0.1) is 11.3 Å². The molecule has 0 unspecified atom stereocenters. The molecule has 0 bridgehead atoms. The van der Waals surface area contributed by atoms with E-state index in [4.69, 9.17) is 5.73 Å². The fourth-order valence-electron chi connectivity index (χ4n) is 3.85. The van der Waals surface area contributed by atoms with Crippen molar-refractivity contribution in [2.24, 2.45) is 10.7 Å². The number of hydrogen-bond acceptors (Lipinski definition) is 4. The monoisotopic (exact) mass is 354 g/mol. The summed E-state index contributed by atoms with van der Waals surface area (Å²) in [5.41, 5.74) is 9.90. The molecule has 1 saturated heterocycles. The van der Waals surface area contributed by atoms with Crippen molar-refractivity contribution in [1.82, 2.24) is 4.90 Å². The van der Waals surface area contributed by atoms with Crippen molar-refractivity contribution in [1.29, 1.82) is 0 Å². The molecule has 4 rings (SSSR count). The third-order valence-corrected chi connectivity index (χ3v) is 6.08. The molecule has 0 radical (unpaired) electrons. The lowest BCUT2D eigenvalue weighted by atomic mass is 10.0. The van der Waals surface area contributed by atoms with Crippen LogP contribution in [-0.2, 0) is 6.42 Å². The summed E-state index contributed by atoms with van der Waals surface area (Å²) >= 11 is 1.63. The van der Waals surface area contributed by atoms with Crippen LogP contribution in [0.2, 0.25) is 0 Å². The summed E-state index contributed by atoms with van der Waals surface area (Å²) in [4.78, 5) is 10.8. The normalized spacial score (nSPS) is 18.6. The molecular formula is C20H26N4S. The minimum absolute atomic E-state index is 0.608. The zero-order valence-corrected chi connectivity index (χ0v) is 15.5. The van der Waals surface area contributed by atoms with E-state index in [9.17, 15) is 0 Å². The SMILES string of the molecule is NC(=Nc1ccc2c(c1)CCCN2CCN1CCCC1)c1cccs1. The molecule has 1 aromatic carbocycles. The first-order valence-electron chi connectivity index (χ1n) is 9.28. The van der Waals surface area contributed by atoms with E-state index in [2.05, 4.69) is 33.0 Å². The predicted molar refractivity (Wildman–Crippen MR) is 107 cm³/mol. The number of amidine groups is 1. The van der Waals surface area contributed by atoms with E-state index in [1.165, 1.54) is 56.7 Å². The highest BCUT2D eigenvalue weighted by Crippen LogP contribution is 2.31. The first kappa shape index (κ1) is 16.6. The molecule has 1 aromatic heterocycles. The Hall–Kier alpha value is -1.85. The molecule has 2 N–H and O–H groups in total. The van der Waals surface area contributed by atoms with Crippen LogP contribution in [0, 0.1) is 0 Å². The second kappa shape index (κ2) is 7.58. The number of nitrogens with zero attached hydrogens (tertiary/aromatic N) is 3. The van der Waals surface area contributed by atoms with Crippen LogP contribution in [0.3, 0.4) is 0 Å². The van der Waals surface area contributed by atoms with Crippen molar-refractivity contribution < 1.29 is 0 Å². The highest BCUT2D eigenvalue weighted by atomic mass is 32.1. The molecule has 132 valence electrons. The van der Waals surface area contributed by atoms with E-state index in [0.717, 1.165) is 23.5 Å². The number of fused-ring (bicyclic) bond motifs is 1. The molecule has 4 nitrogen and oxygen atoms in total. The van der Waals surface area contributed by atoms with Crippen LogP contribution in [0.1, 0.15) is 29.7 Å². The molecule has 2 aliphatic heterocycles. The summed E-state index contributed by atoms with van der Waals surface area (Å²) in [5.74, 6) is 0.608. The van der Waals surface area contributed by atoms with Crippen molar-refractivity contribution in [3.63, 3.8) is 0 Å². The van der Waals surface area contributed by atoms with E-state index < -0.39 is 0 Å². The third-order valence-electron chi connectivity index (χ3n) is 5.19. The second-order valence-corrected chi connectivity index (χ2v) is 7.87. The Labute approximate surface area is 154 Å². The zero-order valence-electron chi connectivity index (χ0n) is 14.7. The fraction of sp³-hybridized carbons (Fsp3) is 0.450. The Morgan fingerprint density at radius 3 is 2.76 bits per heavy atom. The van der Waals surface area contributed by atoms with Gasteiger partial charge in [-0.2, -0.15) is 0 Å². The van der Waals surface area contributed by atoms with Gasteiger partial charge in [-0.05, 0) is 74.0 Å². The highest BCUT2D eigenvalue weighted by molar-refractivity contribution is 7.12. The van der Waals surface area contributed by atoms with Crippen LogP contribution in [0.5, 0.6) is 0 Å². The van der Waals surface area contributed by atoms with Crippen LogP contribution >= 0.6 is 11.3 Å². The van der Waals surface area contributed by atoms with Gasteiger partial charge < -0.3 is 15.5 Å². The quantitative estimate of drug-likeness (QED) is 0.659. The maximum absolute atomic E-state index is 6.14. The molecule has 0 atom stereocenters. The van der Waals surface area contributed by atoms with E-state index in [1.807, 2.05) is 17.5 Å². The van der Waals surface area contributed by atoms with E-state index in [-0.39, 0.29) is 0 Å². The highest BCUT2D eigenvalue weighted by Gasteiger charge is 2.19. The molecule has 2 aromatic rings. The number of aliphatic imine (C=N–C) groups is 1. The van der Waals surface area contributed by atoms with Crippen LogP contribution < -0.4 is 10.6 Å². The van der Waals surface area contributed by atoms with Crippen molar-refractivity contribution in [2.45, 2.75) is 25.7 Å². The maximum Gasteiger partial charge on any atom is 0.141 e. The molecule has 0 amide bonds. The number of thiophene rings is 1. The van der Waals surface area contributed by atoms with E-state index in [1.54, 1.807) is 11.3 Å². The Bertz CT molecular complexity index is 732. The van der Waals surface area contributed by atoms with Gasteiger partial charge in [0.15, 0.2) is 0 Å². The minimum atomic E-state index is 0.608. The van der Waals surface area contributed by atoms with Crippen LogP contribution in [-0.4, -0.2) is 43.5 Å². The molecular weight excluding hydrogens is 328 g/mol. The molecule has 1 fully saturated rings. The van der Waals surface area contributed by atoms with Crippen molar-refractivity contribution in [3.8, 4) is 0 Å². The minimum Gasteiger partial charge on any atom is -0.383 e. The lowest BCUT2D eigenvalue weighted by Crippen LogP contribution is -2.36. The average molecular weight is 355 g/mol. The summed E-state index contributed by atoms with van der Waals surface area (Å²) < 4.78 is 0. The van der Waals surface area contributed by atoms with Gasteiger partial charge in [0.25, 0.3) is 0 Å². The summed E-state index contributed by atoms with van der Waals surface area (Å²) in [6.45, 7) is 6.03. The van der Waals surface area contributed by atoms with Gasteiger partial charge in [0.1, 0.15) is 5.84 Å². The maximum atomic E-state index is 6.14. The van der Waals surface area contributed by atoms with Gasteiger partial charge in [0.2, 0.25) is 0 Å². The topological polar surface area (TPSA) is 44.9 Å². The smallest absolute Gasteiger partial charge is 0.141 e. The lowest BCUT2D eigenvalue weighted by Gasteiger charge is -2.32. The first-order chi connectivity index (χ1) is 12.3. The average Bonchev–Trinajstić information content (AvgIpc) is 3.33. The molecule has 0 aliphatic carbocycles. The first-order valence-corrected chi connectivity index (χ1v) is 10.2. The van der Waals surface area contributed by atoms with Gasteiger partial charge in [0.05, 0.1) is 10.6 Å². The molecule has 2 aliphatic rings. The molecule has 3 heterocycles. The lowest BCUT2D eigenvalue weighted by molar-refractivity contribution is 0.343. The number of benzene rings is 1. The van der Waals surface area contributed by atoms with Crippen LogP contribution in [0.25, 0.3) is 0 Å². The van der Waals surface area contributed by atoms with Gasteiger partial charge in [-0.25, -0.2) is 4.99 Å². The Balaban J connectivity index is 1.48. The van der Waals surface area contributed by atoms with Crippen molar-refractivity contribution in [2.75, 3.05) is 37.6 Å². The van der Waals surface area contributed by atoms with E-state index >= 15 is 0 Å². The van der Waals surface area contributed by atoms with Gasteiger partial charge in [0, 0.05) is 25.3 Å². The number of nitrogens with two attached hydrogens (primary N) is 1. The molecule has 25 heavy (non-hydrogen) atoms. The molecule has 5 heteroatoms. The standard InChI is InChI=1S/C20H26N4S/c21-20(19-6-4-14-25-19)22-17-7-8-18-16(15-17)5-3-11-24(18)13-12-23-9-1-2-10-23/h4,6-8,14-15H,1-3,5,9-13H2,(H2,21,22). The number of anilines is 1. The Morgan fingerprint density at radius 1 is 1.08 bits per heavy atom. The largest absolute Gasteiger partial charge is 0.383 e. The Kier molecular flexibility index (Phi) is 5.04. The van der Waals surface area contributed by atoms with Crippen LogP contribution in [0.4, 0.5) is 11.4 Å². The van der Waals surface area contributed by atoms with Gasteiger partial charge >= 0.3 is 0 Å². The zero-order chi connectivity index (χ0) is 17.1. The molecule has 0 spiro atoms. The number of aryl methyl sites for hydroxylation is 1.